The number of hydrogen-bond acceptors (Lipinski definition) is 9. The minimum atomic E-state index is -3.07. The molecule has 13 heteroatoms. The third-order valence-corrected chi connectivity index (χ3v) is 2.46. The number of nitrogens with zero attached hydrogens (tertiary/aromatic N) is 1. The van der Waals surface area contributed by atoms with Gasteiger partial charge in [0, 0.05) is 0 Å². The molecule has 1 aliphatic heterocycles. The predicted molar refractivity (Wildman–Crippen MR) is 60.9 cm³/mol. The smallest absolute Gasteiger partial charge is 0.365 e. The van der Waals surface area contributed by atoms with E-state index in [-0.39, 0.29) is 0 Å². The van der Waals surface area contributed by atoms with E-state index in [1.54, 1.807) is 0 Å². The number of carboxylic acids is 2. The van der Waals surface area contributed by atoms with Crippen molar-refractivity contribution < 1.29 is 53.7 Å². The first-order valence-electron chi connectivity index (χ1n) is 5.60. The highest BCUT2D eigenvalue weighted by molar-refractivity contribution is 6.66. The molecule has 0 aromatic heterocycles. The van der Waals surface area contributed by atoms with Gasteiger partial charge in [-0.25, -0.2) is 14.4 Å². The lowest BCUT2D eigenvalue weighted by Crippen LogP contribution is -2.59. The van der Waals surface area contributed by atoms with Gasteiger partial charge >= 0.3 is 41.5 Å². The Morgan fingerprint density at radius 2 is 1.65 bits per heavy atom. The number of carboxylic acid groups (broad SMARTS) is 2. The fourth-order valence-electron chi connectivity index (χ4n) is 1.41. The minimum absolute atomic E-state index is 0.449. The molecular weight excluding hydrogens is 324 g/mol. The number of amides is 4. The van der Waals surface area contributed by atoms with Crippen LogP contribution in [0.1, 0.15) is 12.8 Å². The van der Waals surface area contributed by atoms with Gasteiger partial charge in [-0.1, -0.05) is 5.06 Å². The molecule has 124 valence electrons. The Labute approximate surface area is 125 Å². The van der Waals surface area contributed by atoms with Gasteiger partial charge < -0.3 is 20.2 Å². The Kier molecular flexibility index (Phi) is 4.76. The summed E-state index contributed by atoms with van der Waals surface area (Å²) in [6, 6.07) is -1.59. The number of barbiturate groups is 1. The van der Waals surface area contributed by atoms with Gasteiger partial charge in [0.1, 0.15) is 0 Å². The zero-order chi connectivity index (χ0) is 17.9. The summed E-state index contributed by atoms with van der Waals surface area (Å²) in [7, 11) is 0. The second kappa shape index (κ2) is 6.18. The van der Waals surface area contributed by atoms with E-state index < -0.39 is 65.0 Å². The SMILES string of the molecule is O=C(O)CC(O)(CC(=O)ON1C(=O)NC(=O)C(=O)C1=O)C(=O)O. The molecule has 1 rings (SSSR count). The van der Waals surface area contributed by atoms with Gasteiger partial charge in [-0.05, 0) is 0 Å². The maximum absolute atomic E-state index is 11.5. The third kappa shape index (κ3) is 3.85. The highest BCUT2D eigenvalue weighted by Gasteiger charge is 2.45. The summed E-state index contributed by atoms with van der Waals surface area (Å²) in [5, 5.41) is 27.7. The van der Waals surface area contributed by atoms with E-state index in [1.807, 2.05) is 0 Å². The predicted octanol–water partition coefficient (Wildman–Crippen LogP) is -3.23. The number of nitrogens with one attached hydrogen (secondary N) is 1. The van der Waals surface area contributed by atoms with Crippen molar-refractivity contribution in [3.05, 3.63) is 0 Å². The third-order valence-electron chi connectivity index (χ3n) is 2.46. The van der Waals surface area contributed by atoms with E-state index >= 15 is 0 Å². The van der Waals surface area contributed by atoms with Crippen molar-refractivity contribution in [3.8, 4) is 0 Å². The van der Waals surface area contributed by atoms with Crippen molar-refractivity contribution in [2.24, 2.45) is 0 Å². The van der Waals surface area contributed by atoms with Gasteiger partial charge in [-0.3, -0.25) is 24.5 Å². The minimum Gasteiger partial charge on any atom is -0.481 e. The molecule has 0 bridgehead atoms. The summed E-state index contributed by atoms with van der Waals surface area (Å²) in [6.07, 6.45) is -2.83. The lowest BCUT2D eigenvalue weighted by Gasteiger charge is -2.24. The molecule has 1 saturated heterocycles. The molecule has 1 fully saturated rings. The van der Waals surface area contributed by atoms with Gasteiger partial charge in [0.2, 0.25) is 0 Å². The van der Waals surface area contributed by atoms with E-state index in [9.17, 15) is 38.7 Å². The number of hydroxylamine groups is 2. The van der Waals surface area contributed by atoms with Crippen molar-refractivity contribution in [1.82, 2.24) is 10.4 Å². The number of ketones is 1. The fraction of sp³-hybridized carbons (Fsp3) is 0.300. The number of rotatable bonds is 6. The van der Waals surface area contributed by atoms with Gasteiger partial charge in [0.15, 0.2) is 5.60 Å². The Hall–Kier alpha value is -3.35. The molecule has 0 aliphatic carbocycles. The second-order valence-electron chi connectivity index (χ2n) is 4.24. The Morgan fingerprint density at radius 3 is 2.13 bits per heavy atom. The fourth-order valence-corrected chi connectivity index (χ4v) is 1.41. The van der Waals surface area contributed by atoms with Crippen LogP contribution >= 0.6 is 0 Å². The van der Waals surface area contributed by atoms with Crippen LogP contribution in [0.4, 0.5) is 4.79 Å². The van der Waals surface area contributed by atoms with E-state index in [1.165, 1.54) is 5.32 Å². The maximum atomic E-state index is 11.5. The van der Waals surface area contributed by atoms with E-state index in [4.69, 9.17) is 10.2 Å². The summed E-state index contributed by atoms with van der Waals surface area (Å²) >= 11 is 0. The monoisotopic (exact) mass is 332 g/mol. The zero-order valence-electron chi connectivity index (χ0n) is 11.0. The highest BCUT2D eigenvalue weighted by Crippen LogP contribution is 2.18. The van der Waals surface area contributed by atoms with Crippen LogP contribution in [0.25, 0.3) is 0 Å². The summed E-state index contributed by atoms with van der Waals surface area (Å²) in [5.41, 5.74) is -3.07. The number of Topliss-reactive ketones (excluding diaryl/α,β-unsaturated/α-hetero) is 1. The largest absolute Gasteiger partial charge is 0.481 e. The molecule has 0 aromatic rings. The molecule has 1 aliphatic rings. The molecule has 0 saturated carbocycles. The zero-order valence-corrected chi connectivity index (χ0v) is 11.0. The van der Waals surface area contributed by atoms with Crippen molar-refractivity contribution >= 4 is 41.5 Å². The van der Waals surface area contributed by atoms with E-state index in [0.717, 1.165) is 0 Å². The highest BCUT2D eigenvalue weighted by atomic mass is 16.7. The van der Waals surface area contributed by atoms with Crippen molar-refractivity contribution in [1.29, 1.82) is 0 Å². The molecule has 1 atom stereocenters. The average molecular weight is 332 g/mol. The summed E-state index contributed by atoms with van der Waals surface area (Å²) < 4.78 is 0. The van der Waals surface area contributed by atoms with Crippen LogP contribution in [0, 0.1) is 0 Å². The normalized spacial score (nSPS) is 17.3. The standard InChI is InChI=1S/C10H8N2O11/c13-3(14)1-10(22,8(19)20)2-4(15)23-12-7(18)5(16)6(17)11-9(12)21/h22H,1-2H2,(H,13,14)(H,19,20)(H,11,17,21). The number of aliphatic hydroxyl groups is 1. The number of urea groups is 1. The number of imide groups is 2. The van der Waals surface area contributed by atoms with Crippen molar-refractivity contribution in [2.75, 3.05) is 0 Å². The Balaban J connectivity index is 2.86. The van der Waals surface area contributed by atoms with E-state index in [0.29, 0.717) is 0 Å². The molecule has 4 amide bonds. The van der Waals surface area contributed by atoms with Crippen LogP contribution in [-0.4, -0.2) is 67.5 Å². The van der Waals surface area contributed by atoms with Crippen LogP contribution in [0.15, 0.2) is 0 Å². The van der Waals surface area contributed by atoms with Crippen LogP contribution in [0.2, 0.25) is 0 Å². The number of hydrogen-bond donors (Lipinski definition) is 4. The lowest BCUT2D eigenvalue weighted by molar-refractivity contribution is -0.195. The first-order chi connectivity index (χ1) is 10.5. The molecule has 0 spiro atoms. The average Bonchev–Trinajstić information content (AvgIpc) is 2.40. The molecule has 0 radical (unpaired) electrons. The topological polar surface area (TPSA) is 205 Å². The number of carbonyl (C=O) groups excluding carboxylic acids is 5. The first kappa shape index (κ1) is 17.7. The summed E-state index contributed by atoms with van der Waals surface area (Å²) in [5.74, 6) is -10.6. The second-order valence-corrected chi connectivity index (χ2v) is 4.24. The van der Waals surface area contributed by atoms with Crippen molar-refractivity contribution in [2.45, 2.75) is 18.4 Å². The molecule has 1 heterocycles. The van der Waals surface area contributed by atoms with E-state index in [2.05, 4.69) is 4.84 Å². The molecule has 23 heavy (non-hydrogen) atoms. The van der Waals surface area contributed by atoms with Gasteiger partial charge in [-0.15, -0.1) is 0 Å². The van der Waals surface area contributed by atoms with Gasteiger partial charge in [0.05, 0.1) is 12.8 Å². The van der Waals surface area contributed by atoms with Crippen LogP contribution in [0.5, 0.6) is 0 Å². The molecule has 1 unspecified atom stereocenters. The van der Waals surface area contributed by atoms with Gasteiger partial charge in [-0.2, -0.15) is 0 Å². The molecule has 0 aromatic carbocycles. The van der Waals surface area contributed by atoms with Crippen LogP contribution < -0.4 is 5.32 Å². The molecule has 4 N–H and O–H groups in total. The summed E-state index contributed by atoms with van der Waals surface area (Å²) in [4.78, 5) is 81.3. The number of carbonyl (C=O) groups is 7. The lowest BCUT2D eigenvalue weighted by atomic mass is 9.96. The maximum Gasteiger partial charge on any atom is 0.365 e. The first-order valence-corrected chi connectivity index (χ1v) is 5.60. The quantitative estimate of drug-likeness (QED) is 0.356. The molecular formula is C10H8N2O11. The van der Waals surface area contributed by atoms with Crippen LogP contribution in [-0.2, 0) is 33.6 Å². The number of aliphatic carboxylic acids is 2. The molecule has 13 nitrogen and oxygen atoms in total. The van der Waals surface area contributed by atoms with Crippen LogP contribution in [0.3, 0.4) is 0 Å². The van der Waals surface area contributed by atoms with Gasteiger partial charge in [0.25, 0.3) is 0 Å². The Morgan fingerprint density at radius 1 is 1.09 bits per heavy atom. The Bertz CT molecular complexity index is 639. The van der Waals surface area contributed by atoms with Crippen molar-refractivity contribution in [3.63, 3.8) is 0 Å². The summed E-state index contributed by atoms with van der Waals surface area (Å²) in [6.45, 7) is 0.